The van der Waals surface area contributed by atoms with E-state index in [-0.39, 0.29) is 24.0 Å². The minimum Gasteiger partial charge on any atom is -0.493 e. The predicted molar refractivity (Wildman–Crippen MR) is 114 cm³/mol. The van der Waals surface area contributed by atoms with E-state index in [4.69, 9.17) is 14.2 Å². The highest BCUT2D eigenvalue weighted by molar-refractivity contribution is 5.99. The first-order chi connectivity index (χ1) is 14.7. The zero-order chi connectivity index (χ0) is 22.8. The molecule has 2 aromatic rings. The maximum atomic E-state index is 13.3. The fourth-order valence-electron chi connectivity index (χ4n) is 3.39. The Labute approximate surface area is 182 Å². The number of hydrogen-bond donors (Lipinski definition) is 0. The third-order valence-electron chi connectivity index (χ3n) is 5.11. The molecule has 31 heavy (non-hydrogen) atoms. The molecule has 0 aliphatic carbocycles. The van der Waals surface area contributed by atoms with Crippen LogP contribution in [0.15, 0.2) is 24.3 Å². The molecule has 1 aliphatic heterocycles. The Morgan fingerprint density at radius 2 is 1.71 bits per heavy atom. The Balaban J connectivity index is 1.84. The minimum atomic E-state index is -0.277. The van der Waals surface area contributed by atoms with Crippen molar-refractivity contribution in [2.24, 2.45) is 7.05 Å². The smallest absolute Gasteiger partial charge is 0.290 e. The number of carbonyl (C=O) groups is 2. The zero-order valence-electron chi connectivity index (χ0n) is 19.0. The van der Waals surface area contributed by atoms with Gasteiger partial charge in [-0.2, -0.15) is 5.10 Å². The molecule has 1 aromatic carbocycles. The molecule has 9 nitrogen and oxygen atoms in total. The lowest BCUT2D eigenvalue weighted by molar-refractivity contribution is 0.0178. The van der Waals surface area contributed by atoms with E-state index in [2.05, 4.69) is 5.10 Å². The van der Waals surface area contributed by atoms with E-state index >= 15 is 0 Å². The van der Waals surface area contributed by atoms with Crippen molar-refractivity contribution in [3.63, 3.8) is 0 Å². The molecule has 0 spiro atoms. The van der Waals surface area contributed by atoms with Crippen LogP contribution in [0.3, 0.4) is 0 Å². The molecule has 0 saturated carbocycles. The summed E-state index contributed by atoms with van der Waals surface area (Å²) in [6.07, 6.45) is 0.702. The third kappa shape index (κ3) is 4.66. The van der Waals surface area contributed by atoms with Gasteiger partial charge in [0, 0.05) is 38.2 Å². The van der Waals surface area contributed by atoms with Gasteiger partial charge in [-0.1, -0.05) is 20.8 Å². The summed E-state index contributed by atoms with van der Waals surface area (Å²) in [5, 5.41) is 7.46. The van der Waals surface area contributed by atoms with Gasteiger partial charge in [-0.3, -0.25) is 14.3 Å². The number of benzene rings is 1. The predicted octanol–water partition coefficient (Wildman–Crippen LogP) is 2.61. The van der Waals surface area contributed by atoms with Gasteiger partial charge in [-0.05, 0) is 30.7 Å². The highest BCUT2D eigenvalue weighted by atomic mass is 16.7. The molecular weight excluding hydrogens is 400 g/mol. The Bertz CT molecular complexity index is 963. The van der Waals surface area contributed by atoms with Gasteiger partial charge in [0.15, 0.2) is 18.3 Å². The van der Waals surface area contributed by atoms with Gasteiger partial charge < -0.3 is 14.2 Å². The standard InChI is InChI=1S/C22H30N4O5/c1-22(2,3)19-13-16(24(4)23-19)21(28)26-11-7-10-25(26)20(27)15-8-9-17(31-14-29-5)18(12-15)30-6/h8-9,12-13H,7,10-11,14H2,1-6H3. The number of nitrogens with zero attached hydrogens (tertiary/aromatic N) is 4. The first kappa shape index (κ1) is 22.6. The van der Waals surface area contributed by atoms with Crippen LogP contribution in [0.5, 0.6) is 11.5 Å². The Morgan fingerprint density at radius 3 is 2.29 bits per heavy atom. The van der Waals surface area contributed by atoms with Gasteiger partial charge in [-0.25, -0.2) is 10.0 Å². The third-order valence-corrected chi connectivity index (χ3v) is 5.11. The van der Waals surface area contributed by atoms with Crippen molar-refractivity contribution in [1.82, 2.24) is 19.8 Å². The van der Waals surface area contributed by atoms with Gasteiger partial charge in [0.1, 0.15) is 5.69 Å². The van der Waals surface area contributed by atoms with Crippen LogP contribution in [-0.2, 0) is 17.2 Å². The zero-order valence-corrected chi connectivity index (χ0v) is 19.0. The molecule has 168 valence electrons. The Hall–Kier alpha value is -3.07. The average molecular weight is 431 g/mol. The number of amides is 2. The molecule has 2 heterocycles. The van der Waals surface area contributed by atoms with Crippen molar-refractivity contribution in [3.05, 3.63) is 41.2 Å². The number of aromatic nitrogens is 2. The van der Waals surface area contributed by atoms with Gasteiger partial charge in [0.2, 0.25) is 0 Å². The summed E-state index contributed by atoms with van der Waals surface area (Å²) in [6, 6.07) is 6.72. The Kier molecular flexibility index (Phi) is 6.54. The second-order valence-corrected chi connectivity index (χ2v) is 8.42. The molecule has 1 aromatic heterocycles. The van der Waals surface area contributed by atoms with E-state index in [9.17, 15) is 9.59 Å². The summed E-state index contributed by atoms with van der Waals surface area (Å²) < 4.78 is 17.3. The molecule has 0 bridgehead atoms. The lowest BCUT2D eigenvalue weighted by atomic mass is 9.92. The number of ether oxygens (including phenoxy) is 3. The van der Waals surface area contributed by atoms with Crippen LogP contribution in [-0.4, -0.2) is 65.7 Å². The van der Waals surface area contributed by atoms with Crippen LogP contribution in [0.4, 0.5) is 0 Å². The van der Waals surface area contributed by atoms with Gasteiger partial charge >= 0.3 is 0 Å². The maximum Gasteiger partial charge on any atom is 0.290 e. The lowest BCUT2D eigenvalue weighted by Crippen LogP contribution is -2.45. The summed E-state index contributed by atoms with van der Waals surface area (Å²) >= 11 is 0. The van der Waals surface area contributed by atoms with Gasteiger partial charge in [0.25, 0.3) is 11.8 Å². The summed E-state index contributed by atoms with van der Waals surface area (Å²) in [4.78, 5) is 26.5. The lowest BCUT2D eigenvalue weighted by Gasteiger charge is -2.28. The topological polar surface area (TPSA) is 86.1 Å². The first-order valence-electron chi connectivity index (χ1n) is 10.1. The van der Waals surface area contributed by atoms with Crippen LogP contribution in [0, 0.1) is 0 Å². The van der Waals surface area contributed by atoms with E-state index < -0.39 is 0 Å². The minimum absolute atomic E-state index is 0.0688. The van der Waals surface area contributed by atoms with Crippen LogP contribution in [0.25, 0.3) is 0 Å². The van der Waals surface area contributed by atoms with Gasteiger partial charge in [-0.15, -0.1) is 0 Å². The summed E-state index contributed by atoms with van der Waals surface area (Å²) in [6.45, 7) is 7.12. The molecule has 0 atom stereocenters. The normalized spacial score (nSPS) is 14.1. The van der Waals surface area contributed by atoms with Gasteiger partial charge in [0.05, 0.1) is 12.8 Å². The second kappa shape index (κ2) is 8.97. The van der Waals surface area contributed by atoms with E-state index in [1.54, 1.807) is 36.0 Å². The molecule has 1 saturated heterocycles. The van der Waals surface area contributed by atoms with E-state index in [0.29, 0.717) is 42.3 Å². The molecule has 3 rings (SSSR count). The number of hydrogen-bond acceptors (Lipinski definition) is 6. The largest absolute Gasteiger partial charge is 0.493 e. The SMILES string of the molecule is COCOc1ccc(C(=O)N2CCCN2C(=O)c2cc(C(C)(C)C)nn2C)cc1OC. The van der Waals surface area contributed by atoms with Crippen LogP contribution < -0.4 is 9.47 Å². The summed E-state index contributed by atoms with van der Waals surface area (Å²) in [7, 11) is 4.77. The number of aryl methyl sites for hydroxylation is 1. The highest BCUT2D eigenvalue weighted by Crippen LogP contribution is 2.30. The van der Waals surface area contributed by atoms with Crippen molar-refractivity contribution in [2.45, 2.75) is 32.6 Å². The highest BCUT2D eigenvalue weighted by Gasteiger charge is 2.34. The van der Waals surface area contributed by atoms with Crippen LogP contribution in [0.2, 0.25) is 0 Å². The fraction of sp³-hybridized carbons (Fsp3) is 0.500. The Morgan fingerprint density at radius 1 is 1.03 bits per heavy atom. The molecule has 1 fully saturated rings. The van der Waals surface area contributed by atoms with Crippen molar-refractivity contribution < 1.29 is 23.8 Å². The second-order valence-electron chi connectivity index (χ2n) is 8.42. The molecule has 0 radical (unpaired) electrons. The molecular formula is C22H30N4O5. The molecule has 0 unspecified atom stereocenters. The van der Waals surface area contributed by atoms with E-state index in [1.165, 1.54) is 24.2 Å². The number of carbonyl (C=O) groups excluding carboxylic acids is 2. The summed E-state index contributed by atoms with van der Waals surface area (Å²) in [5.41, 5.74) is 1.50. The molecule has 1 aliphatic rings. The summed E-state index contributed by atoms with van der Waals surface area (Å²) in [5.74, 6) is 0.366. The number of hydrazine groups is 1. The number of rotatable bonds is 6. The fourth-order valence-corrected chi connectivity index (χ4v) is 3.39. The molecule has 9 heteroatoms. The van der Waals surface area contributed by atoms with Crippen molar-refractivity contribution in [1.29, 1.82) is 0 Å². The van der Waals surface area contributed by atoms with E-state index in [1.807, 2.05) is 20.8 Å². The van der Waals surface area contributed by atoms with Crippen molar-refractivity contribution in [3.8, 4) is 11.5 Å². The van der Waals surface area contributed by atoms with Crippen molar-refractivity contribution in [2.75, 3.05) is 34.1 Å². The van der Waals surface area contributed by atoms with Crippen LogP contribution >= 0.6 is 0 Å². The van der Waals surface area contributed by atoms with Crippen LogP contribution in [0.1, 0.15) is 53.7 Å². The van der Waals surface area contributed by atoms with E-state index in [0.717, 1.165) is 5.69 Å². The van der Waals surface area contributed by atoms with Crippen molar-refractivity contribution >= 4 is 11.8 Å². The molecule has 2 amide bonds. The first-order valence-corrected chi connectivity index (χ1v) is 10.1. The maximum absolute atomic E-state index is 13.3. The average Bonchev–Trinajstić information content (AvgIpc) is 3.38. The quantitative estimate of drug-likeness (QED) is 0.655. The molecule has 0 N–H and O–H groups in total. The number of methoxy groups -OCH3 is 2. The monoisotopic (exact) mass is 430 g/mol.